The van der Waals surface area contributed by atoms with E-state index >= 15 is 0 Å². The summed E-state index contributed by atoms with van der Waals surface area (Å²) < 4.78 is 0. The first-order valence-corrected chi connectivity index (χ1v) is 5.51. The van der Waals surface area contributed by atoms with E-state index in [9.17, 15) is 0 Å². The monoisotopic (exact) mass is 199 g/mol. The van der Waals surface area contributed by atoms with E-state index in [4.69, 9.17) is 0 Å². The van der Waals surface area contributed by atoms with Gasteiger partial charge < -0.3 is 4.90 Å². The number of anilines is 1. The first-order valence-electron chi connectivity index (χ1n) is 5.51. The largest absolute Gasteiger partial charge is 0.345 e. The third-order valence-corrected chi connectivity index (χ3v) is 2.76. The number of nitrogens with zero attached hydrogens (tertiary/aromatic N) is 1. The maximum Gasteiger partial charge on any atom is 0.0408 e. The Morgan fingerprint density at radius 1 is 1.20 bits per heavy atom. The van der Waals surface area contributed by atoms with Crippen LogP contribution in [-0.2, 0) is 0 Å². The van der Waals surface area contributed by atoms with Crippen LogP contribution in [0.4, 0.5) is 5.69 Å². The van der Waals surface area contributed by atoms with Crippen molar-refractivity contribution < 1.29 is 0 Å². The molecule has 0 saturated carbocycles. The Morgan fingerprint density at radius 3 is 2.47 bits per heavy atom. The molecular weight excluding hydrogens is 182 g/mol. The molecule has 0 fully saturated rings. The smallest absolute Gasteiger partial charge is 0.0408 e. The Bertz CT molecular complexity index is 384. The molecule has 0 atom stereocenters. The lowest BCUT2D eigenvalue weighted by Crippen LogP contribution is -2.20. The zero-order valence-electron chi connectivity index (χ0n) is 9.40. The summed E-state index contributed by atoms with van der Waals surface area (Å²) in [4.78, 5) is 2.36. The summed E-state index contributed by atoms with van der Waals surface area (Å²) in [7, 11) is 0. The molecule has 0 N–H and O–H groups in total. The average molecular weight is 199 g/mol. The number of hydrogen-bond acceptors (Lipinski definition) is 1. The molecule has 15 heavy (non-hydrogen) atoms. The minimum Gasteiger partial charge on any atom is -0.345 e. The molecule has 0 aromatic heterocycles. The molecule has 0 heterocycles. The van der Waals surface area contributed by atoms with Crippen molar-refractivity contribution in [3.63, 3.8) is 0 Å². The van der Waals surface area contributed by atoms with Crippen LogP contribution in [-0.4, -0.2) is 6.54 Å². The van der Waals surface area contributed by atoms with E-state index in [1.165, 1.54) is 16.9 Å². The fourth-order valence-electron chi connectivity index (χ4n) is 1.91. The Kier molecular flexibility index (Phi) is 2.91. The second-order valence-electron chi connectivity index (χ2n) is 3.87. The van der Waals surface area contributed by atoms with Crippen LogP contribution in [0.3, 0.4) is 0 Å². The van der Waals surface area contributed by atoms with Gasteiger partial charge in [-0.1, -0.05) is 29.8 Å². The SMILES string of the molecule is CCN(C1=CC=CC1)c1ccc(C)cc1. The van der Waals surface area contributed by atoms with Gasteiger partial charge in [0.25, 0.3) is 0 Å². The van der Waals surface area contributed by atoms with Crippen molar-refractivity contribution in [1.82, 2.24) is 0 Å². The van der Waals surface area contributed by atoms with Crippen molar-refractivity contribution in [2.45, 2.75) is 20.3 Å². The Morgan fingerprint density at radius 2 is 1.93 bits per heavy atom. The van der Waals surface area contributed by atoms with E-state index in [-0.39, 0.29) is 0 Å². The highest BCUT2D eigenvalue weighted by Crippen LogP contribution is 2.23. The molecule has 0 saturated heterocycles. The number of benzene rings is 1. The van der Waals surface area contributed by atoms with Crippen molar-refractivity contribution in [1.29, 1.82) is 0 Å². The van der Waals surface area contributed by atoms with Crippen LogP contribution in [0.15, 0.2) is 48.2 Å². The van der Waals surface area contributed by atoms with Crippen molar-refractivity contribution >= 4 is 5.69 Å². The molecule has 0 spiro atoms. The highest BCUT2D eigenvalue weighted by atomic mass is 15.1. The molecule has 1 aliphatic carbocycles. The van der Waals surface area contributed by atoms with Crippen LogP contribution < -0.4 is 4.90 Å². The van der Waals surface area contributed by atoms with Crippen LogP contribution in [0.25, 0.3) is 0 Å². The Balaban J connectivity index is 2.23. The fourth-order valence-corrected chi connectivity index (χ4v) is 1.91. The zero-order chi connectivity index (χ0) is 10.7. The second kappa shape index (κ2) is 4.35. The topological polar surface area (TPSA) is 3.24 Å². The normalized spacial score (nSPS) is 14.1. The standard InChI is InChI=1S/C14H17N/c1-3-15(13-6-4-5-7-13)14-10-8-12(2)9-11-14/h4-6,8-11H,3,7H2,1-2H3. The number of rotatable bonds is 3. The quantitative estimate of drug-likeness (QED) is 0.718. The molecule has 2 rings (SSSR count). The van der Waals surface area contributed by atoms with Crippen molar-refractivity contribution in [3.8, 4) is 0 Å². The minimum absolute atomic E-state index is 1.02. The van der Waals surface area contributed by atoms with Gasteiger partial charge in [-0.05, 0) is 32.1 Å². The summed E-state index contributed by atoms with van der Waals surface area (Å²) in [5.41, 5.74) is 3.99. The minimum atomic E-state index is 1.02. The van der Waals surface area contributed by atoms with Crippen LogP contribution in [0.5, 0.6) is 0 Å². The molecule has 0 amide bonds. The third kappa shape index (κ3) is 2.12. The lowest BCUT2D eigenvalue weighted by Gasteiger charge is -2.24. The summed E-state index contributed by atoms with van der Waals surface area (Å²) in [5, 5.41) is 0. The molecule has 0 radical (unpaired) electrons. The van der Waals surface area contributed by atoms with Gasteiger partial charge in [-0.3, -0.25) is 0 Å². The van der Waals surface area contributed by atoms with E-state index in [0.29, 0.717) is 0 Å². The van der Waals surface area contributed by atoms with E-state index in [2.05, 4.69) is 61.2 Å². The van der Waals surface area contributed by atoms with E-state index in [0.717, 1.165) is 13.0 Å². The van der Waals surface area contributed by atoms with Crippen LogP contribution in [0.2, 0.25) is 0 Å². The Labute approximate surface area is 91.7 Å². The summed E-state index contributed by atoms with van der Waals surface area (Å²) in [6.07, 6.45) is 7.59. The van der Waals surface area contributed by atoms with Gasteiger partial charge in [0.2, 0.25) is 0 Å². The lowest BCUT2D eigenvalue weighted by molar-refractivity contribution is 0.930. The molecule has 1 aromatic rings. The van der Waals surface area contributed by atoms with Gasteiger partial charge in [-0.15, -0.1) is 0 Å². The molecule has 0 aliphatic heterocycles. The van der Waals surface area contributed by atoms with Gasteiger partial charge in [0.1, 0.15) is 0 Å². The molecule has 0 unspecified atom stereocenters. The third-order valence-electron chi connectivity index (χ3n) is 2.76. The molecule has 78 valence electrons. The molecule has 1 aliphatic rings. The van der Waals surface area contributed by atoms with Crippen molar-refractivity contribution in [3.05, 3.63) is 53.8 Å². The summed E-state index contributed by atoms with van der Waals surface area (Å²) in [5.74, 6) is 0. The highest BCUT2D eigenvalue weighted by molar-refractivity contribution is 5.54. The lowest BCUT2D eigenvalue weighted by atomic mass is 10.2. The summed E-state index contributed by atoms with van der Waals surface area (Å²) >= 11 is 0. The molecule has 1 heteroatoms. The zero-order valence-corrected chi connectivity index (χ0v) is 9.40. The fraction of sp³-hybridized carbons (Fsp3) is 0.286. The van der Waals surface area contributed by atoms with Crippen molar-refractivity contribution in [2.75, 3.05) is 11.4 Å². The summed E-state index contributed by atoms with van der Waals surface area (Å²) in [6.45, 7) is 5.34. The van der Waals surface area contributed by atoms with Gasteiger partial charge in [-0.25, -0.2) is 0 Å². The predicted octanol–water partition coefficient (Wildman–Crippen LogP) is 3.67. The number of hydrogen-bond donors (Lipinski definition) is 0. The summed E-state index contributed by atoms with van der Waals surface area (Å²) in [6, 6.07) is 8.72. The molecule has 1 aromatic carbocycles. The van der Waals surface area contributed by atoms with Crippen LogP contribution in [0, 0.1) is 6.92 Å². The van der Waals surface area contributed by atoms with Gasteiger partial charge >= 0.3 is 0 Å². The Hall–Kier alpha value is -1.50. The number of allylic oxidation sites excluding steroid dienone is 3. The number of aryl methyl sites for hydroxylation is 1. The first-order chi connectivity index (χ1) is 7.31. The predicted molar refractivity (Wildman–Crippen MR) is 66.0 cm³/mol. The maximum absolute atomic E-state index is 2.36. The van der Waals surface area contributed by atoms with Crippen LogP contribution >= 0.6 is 0 Å². The van der Waals surface area contributed by atoms with Gasteiger partial charge in [0, 0.05) is 24.4 Å². The second-order valence-corrected chi connectivity index (χ2v) is 3.87. The van der Waals surface area contributed by atoms with Crippen molar-refractivity contribution in [2.24, 2.45) is 0 Å². The first kappa shape index (κ1) is 10.0. The average Bonchev–Trinajstić information content (AvgIpc) is 2.75. The van der Waals surface area contributed by atoms with E-state index < -0.39 is 0 Å². The molecular formula is C14H17N. The van der Waals surface area contributed by atoms with E-state index in [1.54, 1.807) is 0 Å². The highest BCUT2D eigenvalue weighted by Gasteiger charge is 2.10. The van der Waals surface area contributed by atoms with E-state index in [1.807, 2.05) is 0 Å². The van der Waals surface area contributed by atoms with Gasteiger partial charge in [0.05, 0.1) is 0 Å². The van der Waals surface area contributed by atoms with Crippen LogP contribution in [0.1, 0.15) is 18.9 Å². The maximum atomic E-state index is 2.36. The van der Waals surface area contributed by atoms with Gasteiger partial charge in [0.15, 0.2) is 0 Å². The van der Waals surface area contributed by atoms with Gasteiger partial charge in [-0.2, -0.15) is 0 Å². The molecule has 0 bridgehead atoms. The molecule has 1 nitrogen and oxygen atoms in total.